The van der Waals surface area contributed by atoms with E-state index in [0.29, 0.717) is 5.84 Å². The molecule has 0 rings (SSSR count). The van der Waals surface area contributed by atoms with Gasteiger partial charge in [-0.3, -0.25) is 5.41 Å². The fraction of sp³-hybridized carbons (Fsp3) is 0.750. The van der Waals surface area contributed by atoms with Crippen molar-refractivity contribution in [3.8, 4) is 0 Å². The second-order valence-electron chi connectivity index (χ2n) is 1.32. The van der Waals surface area contributed by atoms with E-state index < -0.39 is 0 Å². The minimum Gasteiger partial charge on any atom is -0.388 e. The molecule has 0 spiro atoms. The molecule has 0 bridgehead atoms. The van der Waals surface area contributed by atoms with Crippen LogP contribution >= 0.6 is 22.6 Å². The van der Waals surface area contributed by atoms with Gasteiger partial charge in [0.25, 0.3) is 0 Å². The van der Waals surface area contributed by atoms with Gasteiger partial charge in [-0.25, -0.2) is 0 Å². The van der Waals surface area contributed by atoms with E-state index in [4.69, 9.17) is 11.1 Å². The number of hydrogen-bond donors (Lipinski definition) is 2. The summed E-state index contributed by atoms with van der Waals surface area (Å²) in [6, 6.07) is 0. The van der Waals surface area contributed by atoms with Crippen molar-refractivity contribution in [2.75, 3.05) is 4.43 Å². The summed E-state index contributed by atoms with van der Waals surface area (Å²) in [6.07, 6.45) is 1.79. The summed E-state index contributed by atoms with van der Waals surface area (Å²) in [5.74, 6) is 0.302. The first-order valence-corrected chi connectivity index (χ1v) is 3.69. The summed E-state index contributed by atoms with van der Waals surface area (Å²) < 4.78 is 1.09. The van der Waals surface area contributed by atoms with E-state index in [2.05, 4.69) is 22.6 Å². The number of amidine groups is 1. The molecule has 0 aromatic carbocycles. The highest BCUT2D eigenvalue weighted by Crippen LogP contribution is 1.91. The van der Waals surface area contributed by atoms with Gasteiger partial charge in [-0.15, -0.1) is 0 Å². The minimum absolute atomic E-state index is 0.302. The Morgan fingerprint density at radius 1 is 1.71 bits per heavy atom. The van der Waals surface area contributed by atoms with Crippen LogP contribution in [0.4, 0.5) is 0 Å². The second-order valence-corrected chi connectivity index (χ2v) is 2.40. The molecule has 42 valence electrons. The van der Waals surface area contributed by atoms with Crippen LogP contribution in [0.5, 0.6) is 0 Å². The maximum absolute atomic E-state index is 6.77. The van der Waals surface area contributed by atoms with Crippen LogP contribution < -0.4 is 5.73 Å². The van der Waals surface area contributed by atoms with E-state index in [1.54, 1.807) is 0 Å². The lowest BCUT2D eigenvalue weighted by molar-refractivity contribution is 1.00. The Labute approximate surface area is 57.1 Å². The van der Waals surface area contributed by atoms with Crippen molar-refractivity contribution in [2.24, 2.45) is 5.73 Å². The van der Waals surface area contributed by atoms with Crippen LogP contribution in [0.1, 0.15) is 12.8 Å². The van der Waals surface area contributed by atoms with Gasteiger partial charge in [0.15, 0.2) is 0 Å². The summed E-state index contributed by atoms with van der Waals surface area (Å²) in [5, 5.41) is 6.77. The number of rotatable bonds is 3. The number of halogens is 1. The largest absolute Gasteiger partial charge is 0.388 e. The summed E-state index contributed by atoms with van der Waals surface area (Å²) in [5.41, 5.74) is 5.06. The molecule has 0 amide bonds. The van der Waals surface area contributed by atoms with Crippen molar-refractivity contribution < 1.29 is 0 Å². The molecule has 0 aliphatic carbocycles. The normalized spacial score (nSPS) is 8.71. The lowest BCUT2D eigenvalue weighted by atomic mass is 10.3. The molecule has 7 heavy (non-hydrogen) atoms. The highest BCUT2D eigenvalue weighted by Gasteiger charge is 1.84. The molecule has 0 saturated carbocycles. The highest BCUT2D eigenvalue weighted by atomic mass is 127. The Morgan fingerprint density at radius 3 is 2.43 bits per heavy atom. The Hall–Kier alpha value is 0.200. The number of nitrogens with one attached hydrogen (secondary N) is 1. The third-order valence-corrected chi connectivity index (χ3v) is 1.34. The second kappa shape index (κ2) is 4.36. The maximum Gasteiger partial charge on any atom is 0.0905 e. The summed E-state index contributed by atoms with van der Waals surface area (Å²) in [4.78, 5) is 0. The van der Waals surface area contributed by atoms with E-state index >= 15 is 0 Å². The zero-order valence-electron chi connectivity index (χ0n) is 4.08. The average molecular weight is 212 g/mol. The van der Waals surface area contributed by atoms with Gasteiger partial charge in [0.1, 0.15) is 0 Å². The van der Waals surface area contributed by atoms with Gasteiger partial charge >= 0.3 is 0 Å². The van der Waals surface area contributed by atoms with Crippen LogP contribution in [0.15, 0.2) is 0 Å². The molecule has 0 saturated heterocycles. The van der Waals surface area contributed by atoms with E-state index in [1.165, 1.54) is 0 Å². The molecule has 0 heterocycles. The molecule has 3 N–H and O–H groups in total. The van der Waals surface area contributed by atoms with Crippen molar-refractivity contribution in [2.45, 2.75) is 12.8 Å². The molecule has 0 aliphatic rings. The third-order valence-electron chi connectivity index (χ3n) is 0.580. The molecule has 0 aromatic rings. The molecule has 3 heteroatoms. The predicted octanol–water partition coefficient (Wildman–Crippen LogP) is 1.14. The molecule has 2 nitrogen and oxygen atoms in total. The van der Waals surface area contributed by atoms with Crippen molar-refractivity contribution in [1.29, 1.82) is 5.41 Å². The Balaban J connectivity index is 2.82. The summed E-state index contributed by atoms with van der Waals surface area (Å²) >= 11 is 2.27. The van der Waals surface area contributed by atoms with Crippen LogP contribution in [0.2, 0.25) is 0 Å². The van der Waals surface area contributed by atoms with Gasteiger partial charge in [0.2, 0.25) is 0 Å². The fourth-order valence-corrected chi connectivity index (χ4v) is 0.639. The molecule has 0 aromatic heterocycles. The zero-order valence-corrected chi connectivity index (χ0v) is 6.23. The molecule has 0 aliphatic heterocycles. The van der Waals surface area contributed by atoms with Crippen LogP contribution in [-0.2, 0) is 0 Å². The van der Waals surface area contributed by atoms with E-state index in [-0.39, 0.29) is 0 Å². The van der Waals surface area contributed by atoms with Gasteiger partial charge < -0.3 is 5.73 Å². The Bertz CT molecular complexity index is 62.7. The van der Waals surface area contributed by atoms with Crippen molar-refractivity contribution >= 4 is 28.4 Å². The first-order chi connectivity index (χ1) is 3.27. The smallest absolute Gasteiger partial charge is 0.0905 e. The summed E-state index contributed by atoms with van der Waals surface area (Å²) in [6.45, 7) is 0. The molecule has 0 atom stereocenters. The quantitative estimate of drug-likeness (QED) is 0.313. The number of alkyl halides is 1. The van der Waals surface area contributed by atoms with Crippen LogP contribution in [-0.4, -0.2) is 10.3 Å². The van der Waals surface area contributed by atoms with Crippen molar-refractivity contribution in [3.63, 3.8) is 0 Å². The predicted molar refractivity (Wildman–Crippen MR) is 40.0 cm³/mol. The molecule has 0 fully saturated rings. The summed E-state index contributed by atoms with van der Waals surface area (Å²) in [7, 11) is 0. The molecular weight excluding hydrogens is 203 g/mol. The standard InChI is InChI=1S/C4H9IN2/c5-3-1-2-4(6)7/h1-3H2,(H3,6,7). The van der Waals surface area contributed by atoms with Crippen LogP contribution in [0.3, 0.4) is 0 Å². The van der Waals surface area contributed by atoms with Crippen molar-refractivity contribution in [3.05, 3.63) is 0 Å². The monoisotopic (exact) mass is 212 g/mol. The van der Waals surface area contributed by atoms with Gasteiger partial charge in [-0.2, -0.15) is 0 Å². The Morgan fingerprint density at radius 2 is 2.29 bits per heavy atom. The number of nitrogens with two attached hydrogens (primary N) is 1. The van der Waals surface area contributed by atoms with E-state index in [0.717, 1.165) is 17.3 Å². The lowest BCUT2D eigenvalue weighted by Gasteiger charge is -1.89. The first-order valence-electron chi connectivity index (χ1n) is 2.16. The topological polar surface area (TPSA) is 49.9 Å². The van der Waals surface area contributed by atoms with E-state index in [9.17, 15) is 0 Å². The van der Waals surface area contributed by atoms with Crippen LogP contribution in [0, 0.1) is 5.41 Å². The minimum atomic E-state index is 0.302. The first kappa shape index (κ1) is 7.20. The number of hydrogen-bond acceptors (Lipinski definition) is 1. The SMILES string of the molecule is N=C(N)CCCI. The van der Waals surface area contributed by atoms with Crippen LogP contribution in [0.25, 0.3) is 0 Å². The van der Waals surface area contributed by atoms with Gasteiger partial charge in [0.05, 0.1) is 5.84 Å². The van der Waals surface area contributed by atoms with Crippen molar-refractivity contribution in [1.82, 2.24) is 0 Å². The van der Waals surface area contributed by atoms with Gasteiger partial charge in [-0.05, 0) is 10.8 Å². The zero-order chi connectivity index (χ0) is 5.70. The van der Waals surface area contributed by atoms with E-state index in [1.807, 2.05) is 0 Å². The maximum atomic E-state index is 6.77. The Kier molecular flexibility index (Phi) is 4.49. The molecule has 0 radical (unpaired) electrons. The van der Waals surface area contributed by atoms with Gasteiger partial charge in [0, 0.05) is 6.42 Å². The third kappa shape index (κ3) is 6.20. The van der Waals surface area contributed by atoms with Gasteiger partial charge in [-0.1, -0.05) is 22.6 Å². The highest BCUT2D eigenvalue weighted by molar-refractivity contribution is 14.1. The average Bonchev–Trinajstić information content (AvgIpc) is 1.61. The molecular formula is C4H9IN2. The molecule has 0 unspecified atom stereocenters. The lowest BCUT2D eigenvalue weighted by Crippen LogP contribution is -2.08. The fourth-order valence-electron chi connectivity index (χ4n) is 0.257.